The summed E-state index contributed by atoms with van der Waals surface area (Å²) in [7, 11) is 0. The van der Waals surface area contributed by atoms with E-state index in [1.54, 1.807) is 12.1 Å². The predicted molar refractivity (Wildman–Crippen MR) is 93.8 cm³/mol. The molecular weight excluding hydrogens is 319 g/mol. The number of halogens is 1. The molecule has 25 heavy (non-hydrogen) atoms. The number of hydrogen-bond donors (Lipinski definition) is 1. The number of carbonyl (C=O) groups excluding carboxylic acids is 1. The van der Waals surface area contributed by atoms with E-state index >= 15 is 0 Å². The number of aromatic nitrogens is 1. The molecule has 0 bridgehead atoms. The molecule has 3 aromatic carbocycles. The molecule has 0 saturated carbocycles. The van der Waals surface area contributed by atoms with Crippen LogP contribution in [0.2, 0.25) is 0 Å². The molecule has 1 heterocycles. The van der Waals surface area contributed by atoms with Crippen molar-refractivity contribution in [2.24, 2.45) is 0 Å². The van der Waals surface area contributed by atoms with Crippen LogP contribution in [-0.2, 0) is 0 Å². The van der Waals surface area contributed by atoms with Crippen molar-refractivity contribution in [2.45, 2.75) is 0 Å². The average molecular weight is 332 g/mol. The Morgan fingerprint density at radius 3 is 2.56 bits per heavy atom. The van der Waals surface area contributed by atoms with E-state index < -0.39 is 0 Å². The minimum absolute atomic E-state index is 0.310. The molecule has 4 rings (SSSR count). The first kappa shape index (κ1) is 15.1. The molecule has 0 spiro atoms. The van der Waals surface area contributed by atoms with Crippen molar-refractivity contribution < 1.29 is 13.6 Å². The van der Waals surface area contributed by atoms with Crippen LogP contribution >= 0.6 is 0 Å². The van der Waals surface area contributed by atoms with E-state index in [1.165, 1.54) is 24.3 Å². The second-order valence-corrected chi connectivity index (χ2v) is 5.53. The highest BCUT2D eigenvalue weighted by atomic mass is 19.1. The van der Waals surface area contributed by atoms with Gasteiger partial charge in [0.15, 0.2) is 5.58 Å². The Morgan fingerprint density at radius 2 is 1.76 bits per heavy atom. The second kappa shape index (κ2) is 6.20. The monoisotopic (exact) mass is 332 g/mol. The summed E-state index contributed by atoms with van der Waals surface area (Å²) in [5, 5.41) is 2.79. The number of oxazole rings is 1. The second-order valence-electron chi connectivity index (χ2n) is 5.53. The fourth-order valence-electron chi connectivity index (χ4n) is 2.53. The van der Waals surface area contributed by atoms with Crippen molar-refractivity contribution >= 4 is 22.7 Å². The number of rotatable bonds is 3. The highest BCUT2D eigenvalue weighted by Gasteiger charge is 2.10. The summed E-state index contributed by atoms with van der Waals surface area (Å²) in [5.41, 5.74) is 3.23. The van der Waals surface area contributed by atoms with Gasteiger partial charge in [-0.05, 0) is 54.6 Å². The summed E-state index contributed by atoms with van der Waals surface area (Å²) in [6, 6.07) is 20.1. The Balaban J connectivity index is 1.60. The van der Waals surface area contributed by atoms with Crippen molar-refractivity contribution in [3.63, 3.8) is 0 Å². The quantitative estimate of drug-likeness (QED) is 0.581. The van der Waals surface area contributed by atoms with Gasteiger partial charge in [0.2, 0.25) is 5.89 Å². The van der Waals surface area contributed by atoms with Gasteiger partial charge in [0, 0.05) is 16.8 Å². The minimum Gasteiger partial charge on any atom is -0.436 e. The van der Waals surface area contributed by atoms with Gasteiger partial charge in [-0.15, -0.1) is 0 Å². The summed E-state index contributed by atoms with van der Waals surface area (Å²) in [6.07, 6.45) is 0. The van der Waals surface area contributed by atoms with Crippen LogP contribution in [0, 0.1) is 5.82 Å². The number of para-hydroxylation sites is 2. The Morgan fingerprint density at radius 1 is 0.960 bits per heavy atom. The first-order valence-electron chi connectivity index (χ1n) is 7.72. The molecule has 0 unspecified atom stereocenters. The van der Waals surface area contributed by atoms with Crippen LogP contribution in [0.5, 0.6) is 0 Å². The first-order valence-corrected chi connectivity index (χ1v) is 7.72. The highest BCUT2D eigenvalue weighted by molar-refractivity contribution is 6.04. The molecule has 4 nitrogen and oxygen atoms in total. The lowest BCUT2D eigenvalue weighted by molar-refractivity contribution is 0.102. The average Bonchev–Trinajstić information content (AvgIpc) is 3.07. The fraction of sp³-hybridized carbons (Fsp3) is 0. The summed E-state index contributed by atoms with van der Waals surface area (Å²) in [6.45, 7) is 0. The third kappa shape index (κ3) is 3.12. The maximum Gasteiger partial charge on any atom is 0.255 e. The number of nitrogens with one attached hydrogen (secondary N) is 1. The fourth-order valence-corrected chi connectivity index (χ4v) is 2.53. The molecule has 0 saturated heterocycles. The zero-order valence-electron chi connectivity index (χ0n) is 13.1. The van der Waals surface area contributed by atoms with Gasteiger partial charge >= 0.3 is 0 Å². The Kier molecular flexibility index (Phi) is 3.74. The molecule has 4 aromatic rings. The van der Waals surface area contributed by atoms with E-state index in [1.807, 2.05) is 36.4 Å². The molecule has 0 aliphatic rings. The highest BCUT2D eigenvalue weighted by Crippen LogP contribution is 2.26. The lowest BCUT2D eigenvalue weighted by Gasteiger charge is -2.06. The third-order valence-electron chi connectivity index (χ3n) is 3.77. The number of fused-ring (bicyclic) bond motifs is 1. The van der Waals surface area contributed by atoms with E-state index in [9.17, 15) is 9.18 Å². The molecule has 122 valence electrons. The Bertz CT molecular complexity index is 1020. The van der Waals surface area contributed by atoms with Crippen molar-refractivity contribution in [3.8, 4) is 11.5 Å². The molecule has 1 amide bonds. The van der Waals surface area contributed by atoms with Crippen LogP contribution in [0.3, 0.4) is 0 Å². The van der Waals surface area contributed by atoms with E-state index in [2.05, 4.69) is 10.3 Å². The number of carbonyl (C=O) groups is 1. The van der Waals surface area contributed by atoms with Gasteiger partial charge in [-0.3, -0.25) is 4.79 Å². The molecule has 5 heteroatoms. The smallest absolute Gasteiger partial charge is 0.255 e. The van der Waals surface area contributed by atoms with Crippen molar-refractivity contribution in [1.29, 1.82) is 0 Å². The van der Waals surface area contributed by atoms with Crippen LogP contribution in [0.4, 0.5) is 10.1 Å². The largest absolute Gasteiger partial charge is 0.436 e. The van der Waals surface area contributed by atoms with Gasteiger partial charge in [0.1, 0.15) is 11.3 Å². The number of benzene rings is 3. The molecule has 0 radical (unpaired) electrons. The van der Waals surface area contributed by atoms with Gasteiger partial charge in [-0.1, -0.05) is 18.2 Å². The normalized spacial score (nSPS) is 10.8. The predicted octanol–water partition coefficient (Wildman–Crippen LogP) is 4.89. The van der Waals surface area contributed by atoms with E-state index in [0.717, 1.165) is 11.1 Å². The van der Waals surface area contributed by atoms with Crippen LogP contribution in [0.25, 0.3) is 22.6 Å². The summed E-state index contributed by atoms with van der Waals surface area (Å²) < 4.78 is 18.7. The van der Waals surface area contributed by atoms with Gasteiger partial charge in [0.05, 0.1) is 0 Å². The van der Waals surface area contributed by atoms with Crippen LogP contribution in [0.1, 0.15) is 10.4 Å². The van der Waals surface area contributed by atoms with Crippen molar-refractivity contribution in [3.05, 3.63) is 84.2 Å². The minimum atomic E-state index is -0.380. The van der Waals surface area contributed by atoms with Crippen LogP contribution < -0.4 is 5.32 Å². The number of nitrogens with zero attached hydrogens (tertiary/aromatic N) is 1. The zero-order chi connectivity index (χ0) is 17.2. The Hall–Kier alpha value is -3.47. The SMILES string of the molecule is O=C(Nc1cccc(-c2nc3ccccc3o2)c1)c1ccc(F)cc1. The zero-order valence-corrected chi connectivity index (χ0v) is 13.1. The molecule has 1 N–H and O–H groups in total. The van der Waals surface area contributed by atoms with Gasteiger partial charge in [-0.2, -0.15) is 0 Å². The molecular formula is C20H13FN2O2. The molecule has 0 fully saturated rings. The van der Waals surface area contributed by atoms with E-state index in [0.29, 0.717) is 22.7 Å². The molecule has 0 aliphatic heterocycles. The molecule has 0 aliphatic carbocycles. The van der Waals surface area contributed by atoms with Gasteiger partial charge in [-0.25, -0.2) is 9.37 Å². The third-order valence-corrected chi connectivity index (χ3v) is 3.77. The van der Waals surface area contributed by atoms with Crippen LogP contribution in [0.15, 0.2) is 77.2 Å². The molecule has 0 atom stereocenters. The molecule has 1 aromatic heterocycles. The lowest BCUT2D eigenvalue weighted by Crippen LogP contribution is -2.11. The maximum absolute atomic E-state index is 13.0. The lowest BCUT2D eigenvalue weighted by atomic mass is 10.1. The maximum atomic E-state index is 13.0. The number of hydrogen-bond acceptors (Lipinski definition) is 3. The van der Waals surface area contributed by atoms with E-state index in [-0.39, 0.29) is 11.7 Å². The Labute approximate surface area is 142 Å². The van der Waals surface area contributed by atoms with Gasteiger partial charge in [0.25, 0.3) is 5.91 Å². The summed E-state index contributed by atoms with van der Waals surface area (Å²) in [5.74, 6) is -0.205. The number of anilines is 1. The summed E-state index contributed by atoms with van der Waals surface area (Å²) >= 11 is 0. The number of amides is 1. The van der Waals surface area contributed by atoms with E-state index in [4.69, 9.17) is 4.42 Å². The summed E-state index contributed by atoms with van der Waals surface area (Å²) in [4.78, 5) is 16.7. The van der Waals surface area contributed by atoms with Crippen LogP contribution in [-0.4, -0.2) is 10.9 Å². The standard InChI is InChI=1S/C20H13FN2O2/c21-15-10-8-13(9-11-15)19(24)22-16-5-3-4-14(12-16)20-23-17-6-1-2-7-18(17)25-20/h1-12H,(H,22,24). The van der Waals surface area contributed by atoms with Gasteiger partial charge < -0.3 is 9.73 Å². The topological polar surface area (TPSA) is 55.1 Å². The van der Waals surface area contributed by atoms with Crippen molar-refractivity contribution in [2.75, 3.05) is 5.32 Å². The van der Waals surface area contributed by atoms with Crippen molar-refractivity contribution in [1.82, 2.24) is 4.98 Å². The first-order chi connectivity index (χ1) is 12.2.